The van der Waals surface area contributed by atoms with Gasteiger partial charge in [-0.3, -0.25) is 9.78 Å². The van der Waals surface area contributed by atoms with Crippen LogP contribution in [0.2, 0.25) is 0 Å². The van der Waals surface area contributed by atoms with Crippen molar-refractivity contribution in [3.05, 3.63) is 29.1 Å². The number of hydrogen-bond donors (Lipinski definition) is 0. The molecule has 1 aromatic heterocycles. The van der Waals surface area contributed by atoms with Crippen LogP contribution in [-0.4, -0.2) is 90.4 Å². The number of pyridine rings is 1. The first kappa shape index (κ1) is 16.7. The summed E-state index contributed by atoms with van der Waals surface area (Å²) in [4.78, 5) is 36.8. The van der Waals surface area contributed by atoms with Gasteiger partial charge in [-0.15, -0.1) is 0 Å². The monoisotopic (exact) mass is 331 g/mol. The molecule has 0 radical (unpaired) electrons. The maximum atomic E-state index is 12.9. The van der Waals surface area contributed by atoms with E-state index in [-0.39, 0.29) is 11.9 Å². The molecule has 7 nitrogen and oxygen atoms in total. The zero-order valence-corrected chi connectivity index (χ0v) is 14.7. The van der Waals surface area contributed by atoms with Crippen molar-refractivity contribution in [3.63, 3.8) is 0 Å². The van der Waals surface area contributed by atoms with E-state index in [4.69, 9.17) is 0 Å². The Labute approximate surface area is 142 Å². The van der Waals surface area contributed by atoms with Crippen LogP contribution in [0.5, 0.6) is 0 Å². The predicted octanol–water partition coefficient (Wildman–Crippen LogP) is 0.509. The van der Waals surface area contributed by atoms with Crippen molar-refractivity contribution in [2.24, 2.45) is 0 Å². The number of amides is 3. The number of carbonyl (C=O) groups is 2. The van der Waals surface area contributed by atoms with Gasteiger partial charge in [-0.25, -0.2) is 4.79 Å². The molecule has 0 spiro atoms. The van der Waals surface area contributed by atoms with E-state index < -0.39 is 0 Å². The van der Waals surface area contributed by atoms with Crippen molar-refractivity contribution in [2.75, 3.05) is 53.9 Å². The van der Waals surface area contributed by atoms with Crippen molar-refractivity contribution in [1.82, 2.24) is 24.6 Å². The number of fused-ring (bicyclic) bond motifs is 1. The Bertz CT molecular complexity index is 638. The third-order valence-corrected chi connectivity index (χ3v) is 4.81. The lowest BCUT2D eigenvalue weighted by molar-refractivity contribution is 0.0662. The highest BCUT2D eigenvalue weighted by Crippen LogP contribution is 2.23. The van der Waals surface area contributed by atoms with Gasteiger partial charge >= 0.3 is 6.03 Å². The highest BCUT2D eigenvalue weighted by molar-refractivity contribution is 5.96. The highest BCUT2D eigenvalue weighted by Gasteiger charge is 2.28. The molecule has 1 fully saturated rings. The fourth-order valence-corrected chi connectivity index (χ4v) is 3.30. The fourth-order valence-electron chi connectivity index (χ4n) is 3.30. The Balaban J connectivity index is 1.79. The third kappa shape index (κ3) is 3.21. The van der Waals surface area contributed by atoms with E-state index >= 15 is 0 Å². The van der Waals surface area contributed by atoms with Gasteiger partial charge in [0.05, 0.1) is 5.56 Å². The number of rotatable bonds is 1. The van der Waals surface area contributed by atoms with Gasteiger partial charge in [0.2, 0.25) is 0 Å². The van der Waals surface area contributed by atoms with E-state index in [9.17, 15) is 9.59 Å². The lowest BCUT2D eigenvalue weighted by atomic mass is 9.96. The summed E-state index contributed by atoms with van der Waals surface area (Å²) < 4.78 is 0. The molecular formula is C17H25N5O2. The van der Waals surface area contributed by atoms with Gasteiger partial charge in [-0.1, -0.05) is 0 Å². The Hall–Kier alpha value is -2.15. The van der Waals surface area contributed by atoms with E-state index in [1.54, 1.807) is 36.3 Å². The minimum absolute atomic E-state index is 0.00329. The molecule has 0 bridgehead atoms. The number of urea groups is 1. The molecule has 7 heteroatoms. The molecule has 3 amide bonds. The largest absolute Gasteiger partial charge is 0.336 e. The average Bonchev–Trinajstić information content (AvgIpc) is 2.60. The van der Waals surface area contributed by atoms with Crippen molar-refractivity contribution >= 4 is 11.9 Å². The zero-order valence-electron chi connectivity index (χ0n) is 14.7. The van der Waals surface area contributed by atoms with E-state index in [0.29, 0.717) is 25.1 Å². The molecule has 0 unspecified atom stereocenters. The topological polar surface area (TPSA) is 60.0 Å². The van der Waals surface area contributed by atoms with E-state index in [0.717, 1.165) is 37.3 Å². The number of piperazine rings is 1. The predicted molar refractivity (Wildman–Crippen MR) is 90.8 cm³/mol. The van der Waals surface area contributed by atoms with Crippen LogP contribution in [0, 0.1) is 0 Å². The number of hydrogen-bond acceptors (Lipinski definition) is 4. The third-order valence-electron chi connectivity index (χ3n) is 4.81. The van der Waals surface area contributed by atoms with Crippen LogP contribution < -0.4 is 0 Å². The van der Waals surface area contributed by atoms with Crippen molar-refractivity contribution in [1.29, 1.82) is 0 Å². The Morgan fingerprint density at radius 1 is 1.04 bits per heavy atom. The molecule has 1 aromatic rings. The lowest BCUT2D eigenvalue weighted by Gasteiger charge is -2.34. The van der Waals surface area contributed by atoms with E-state index in [1.807, 2.05) is 4.90 Å². The van der Waals surface area contributed by atoms with E-state index in [2.05, 4.69) is 16.9 Å². The molecule has 3 heterocycles. The van der Waals surface area contributed by atoms with Crippen LogP contribution in [0.4, 0.5) is 4.79 Å². The van der Waals surface area contributed by atoms with Gasteiger partial charge < -0.3 is 19.6 Å². The van der Waals surface area contributed by atoms with Crippen LogP contribution in [0.3, 0.4) is 0 Å². The number of likely N-dealkylation sites (N-methyl/N-ethyl adjacent to an activating group) is 1. The number of nitrogens with zero attached hydrogens (tertiary/aromatic N) is 5. The molecule has 3 rings (SSSR count). The summed E-state index contributed by atoms with van der Waals surface area (Å²) in [7, 11) is 5.58. The Morgan fingerprint density at radius 2 is 1.75 bits per heavy atom. The van der Waals surface area contributed by atoms with E-state index in [1.165, 1.54) is 0 Å². The van der Waals surface area contributed by atoms with Crippen molar-refractivity contribution in [2.45, 2.75) is 13.0 Å². The first-order valence-electron chi connectivity index (χ1n) is 8.37. The normalized spacial score (nSPS) is 18.3. The summed E-state index contributed by atoms with van der Waals surface area (Å²) in [5.41, 5.74) is 2.74. The second kappa shape index (κ2) is 6.76. The Morgan fingerprint density at radius 3 is 2.42 bits per heavy atom. The molecule has 1 saturated heterocycles. The molecule has 0 atom stereocenters. The standard InChI is InChI=1S/C17H25N5O2/c1-19(2)17(24)22-5-4-14-13(12-22)10-18-11-15(14)16(23)21-8-6-20(3)7-9-21/h10-11H,4-9,12H2,1-3H3. The van der Waals surface area contributed by atoms with Gasteiger partial charge in [-0.05, 0) is 24.6 Å². The molecule has 0 aromatic carbocycles. The smallest absolute Gasteiger partial charge is 0.319 e. The first-order chi connectivity index (χ1) is 11.5. The zero-order chi connectivity index (χ0) is 17.3. The first-order valence-corrected chi connectivity index (χ1v) is 8.37. The van der Waals surface area contributed by atoms with Crippen LogP contribution in [0.15, 0.2) is 12.4 Å². The van der Waals surface area contributed by atoms with Crippen LogP contribution >= 0.6 is 0 Å². The summed E-state index contributed by atoms with van der Waals surface area (Å²) in [6.45, 7) is 4.47. The second-order valence-electron chi connectivity index (χ2n) is 6.77. The SMILES string of the molecule is CN1CCN(C(=O)c2cncc3c2CCN(C(=O)N(C)C)C3)CC1. The molecule has 0 aliphatic carbocycles. The lowest BCUT2D eigenvalue weighted by Crippen LogP contribution is -2.47. The van der Waals surface area contributed by atoms with Crippen molar-refractivity contribution in [3.8, 4) is 0 Å². The molecule has 0 saturated carbocycles. The van der Waals surface area contributed by atoms with Gasteiger partial charge in [0.15, 0.2) is 0 Å². The Kier molecular flexibility index (Phi) is 4.71. The summed E-state index contributed by atoms with van der Waals surface area (Å²) in [5, 5.41) is 0. The minimum Gasteiger partial charge on any atom is -0.336 e. The fraction of sp³-hybridized carbons (Fsp3) is 0.588. The molecule has 130 valence electrons. The highest BCUT2D eigenvalue weighted by atomic mass is 16.2. The molecule has 2 aliphatic rings. The average molecular weight is 331 g/mol. The number of aromatic nitrogens is 1. The summed E-state index contributed by atoms with van der Waals surface area (Å²) in [6.07, 6.45) is 4.17. The maximum absolute atomic E-state index is 12.9. The van der Waals surface area contributed by atoms with Gasteiger partial charge in [0, 0.05) is 65.8 Å². The number of carbonyl (C=O) groups excluding carboxylic acids is 2. The maximum Gasteiger partial charge on any atom is 0.319 e. The molecule has 2 aliphatic heterocycles. The quantitative estimate of drug-likeness (QED) is 0.752. The van der Waals surface area contributed by atoms with Crippen LogP contribution in [0.25, 0.3) is 0 Å². The van der Waals surface area contributed by atoms with Crippen LogP contribution in [0.1, 0.15) is 21.5 Å². The van der Waals surface area contributed by atoms with Crippen LogP contribution in [-0.2, 0) is 13.0 Å². The second-order valence-corrected chi connectivity index (χ2v) is 6.77. The van der Waals surface area contributed by atoms with Gasteiger partial charge in [0.25, 0.3) is 5.91 Å². The molecular weight excluding hydrogens is 306 g/mol. The molecule has 0 N–H and O–H groups in total. The summed E-state index contributed by atoms with van der Waals surface area (Å²) in [6, 6.07) is -0.00329. The van der Waals surface area contributed by atoms with Gasteiger partial charge in [0.1, 0.15) is 0 Å². The summed E-state index contributed by atoms with van der Waals surface area (Å²) >= 11 is 0. The summed E-state index contributed by atoms with van der Waals surface area (Å²) in [5.74, 6) is 0.0693. The van der Waals surface area contributed by atoms with Crippen molar-refractivity contribution < 1.29 is 9.59 Å². The minimum atomic E-state index is -0.00329. The molecule has 24 heavy (non-hydrogen) atoms. The van der Waals surface area contributed by atoms with Gasteiger partial charge in [-0.2, -0.15) is 0 Å².